The van der Waals surface area contributed by atoms with E-state index in [4.69, 9.17) is 11.6 Å². The molecule has 0 atom stereocenters. The van der Waals surface area contributed by atoms with Crippen molar-refractivity contribution in [3.8, 4) is 0 Å². The zero-order valence-electron chi connectivity index (χ0n) is 2.37. The summed E-state index contributed by atoms with van der Waals surface area (Å²) in [6.07, 6.45) is 0. The SMILES string of the molecule is [Al+2][CH2]CCl. The van der Waals surface area contributed by atoms with E-state index in [1.807, 2.05) is 0 Å². The number of hydrogen-bond acceptors (Lipinski definition) is 0. The first-order valence-corrected chi connectivity index (χ1v) is 2.53. The van der Waals surface area contributed by atoms with Crippen molar-refractivity contribution in [1.82, 2.24) is 0 Å². The van der Waals surface area contributed by atoms with Gasteiger partial charge < -0.3 is 0 Å². The van der Waals surface area contributed by atoms with Gasteiger partial charge in [-0.15, -0.1) is 0 Å². The van der Waals surface area contributed by atoms with Crippen LogP contribution in [0.15, 0.2) is 0 Å². The quantitative estimate of drug-likeness (QED) is 0.330. The molecule has 0 aromatic rings. The van der Waals surface area contributed by atoms with Crippen molar-refractivity contribution in [3.63, 3.8) is 0 Å². The van der Waals surface area contributed by atoms with Gasteiger partial charge in [0.05, 0.1) is 0 Å². The Balaban J connectivity index is 1.97. The van der Waals surface area contributed by atoms with E-state index >= 15 is 0 Å². The molecule has 0 aromatic heterocycles. The first-order valence-electron chi connectivity index (χ1n) is 1.18. The summed E-state index contributed by atoms with van der Waals surface area (Å²) >= 11 is 7.69. The summed E-state index contributed by atoms with van der Waals surface area (Å²) in [5, 5.41) is 1.00. The van der Waals surface area contributed by atoms with Crippen LogP contribution in [0.25, 0.3) is 0 Å². The van der Waals surface area contributed by atoms with Crippen LogP contribution in [-0.4, -0.2) is 22.2 Å². The first-order chi connectivity index (χ1) is 1.91. The molecule has 0 aliphatic heterocycles. The molecule has 0 amide bonds. The third-order valence-corrected chi connectivity index (χ3v) is 0.982. The van der Waals surface area contributed by atoms with E-state index in [0.717, 1.165) is 11.2 Å². The number of halogens is 1. The number of hydrogen-bond donors (Lipinski definition) is 0. The fraction of sp³-hybridized carbons (Fsp3) is 1.00. The Bertz CT molecular complexity index is 8.00. The minimum atomic E-state index is 0.755. The van der Waals surface area contributed by atoms with Crippen LogP contribution in [0.2, 0.25) is 5.28 Å². The number of rotatable bonds is 1. The molecule has 0 radical (unpaired) electrons. The Hall–Kier alpha value is 0.822. The molecular formula is C2H4AlCl+2. The van der Waals surface area contributed by atoms with Gasteiger partial charge in [0.25, 0.3) is 0 Å². The molecule has 0 aliphatic carbocycles. The molecule has 20 valence electrons. The van der Waals surface area contributed by atoms with Crippen molar-refractivity contribution < 1.29 is 0 Å². The fourth-order valence-electron chi connectivity index (χ4n) is 0. The maximum atomic E-state index is 5.17. The topological polar surface area (TPSA) is 0 Å². The predicted octanol–water partition coefficient (Wildman–Crippen LogP) is 0.812. The van der Waals surface area contributed by atoms with E-state index in [1.165, 1.54) is 0 Å². The van der Waals surface area contributed by atoms with Crippen LogP contribution < -0.4 is 0 Å². The van der Waals surface area contributed by atoms with Gasteiger partial charge in [-0.3, -0.25) is 0 Å². The van der Waals surface area contributed by atoms with Crippen molar-refractivity contribution in [2.24, 2.45) is 0 Å². The van der Waals surface area contributed by atoms with Crippen molar-refractivity contribution in [1.29, 1.82) is 0 Å². The van der Waals surface area contributed by atoms with Crippen LogP contribution in [0, 0.1) is 0 Å². The predicted molar refractivity (Wildman–Crippen MR) is 21.3 cm³/mol. The zero-order chi connectivity index (χ0) is 3.41. The summed E-state index contributed by atoms with van der Waals surface area (Å²) < 4.78 is 0. The van der Waals surface area contributed by atoms with Gasteiger partial charge >= 0.3 is 39.1 Å². The Labute approximate surface area is 39.6 Å². The minimum absolute atomic E-state index is 0.755. The molecule has 0 N–H and O–H groups in total. The van der Waals surface area contributed by atoms with Crippen LogP contribution >= 0.6 is 11.6 Å². The second-order valence-corrected chi connectivity index (χ2v) is 1.43. The summed E-state index contributed by atoms with van der Waals surface area (Å²) in [7, 11) is 0. The maximum absolute atomic E-state index is 5.17. The van der Waals surface area contributed by atoms with Gasteiger partial charge in [0.2, 0.25) is 0 Å². The van der Waals surface area contributed by atoms with E-state index < -0.39 is 0 Å². The molecule has 0 aromatic carbocycles. The summed E-state index contributed by atoms with van der Waals surface area (Å²) in [4.78, 5) is 0. The normalized spacial score (nSPS) is 7.75. The van der Waals surface area contributed by atoms with Gasteiger partial charge in [-0.2, -0.15) is 0 Å². The Morgan fingerprint density at radius 2 is 2.00 bits per heavy atom. The summed E-state index contributed by atoms with van der Waals surface area (Å²) in [5.74, 6) is 0.755. The molecule has 0 rings (SSSR count). The van der Waals surface area contributed by atoms with Gasteiger partial charge in [-0.1, -0.05) is 0 Å². The molecule has 0 spiro atoms. The van der Waals surface area contributed by atoms with Crippen molar-refractivity contribution in [3.05, 3.63) is 0 Å². The zero-order valence-corrected chi connectivity index (χ0v) is 4.28. The van der Waals surface area contributed by atoms with Crippen molar-refractivity contribution in [2.75, 3.05) is 5.88 Å². The van der Waals surface area contributed by atoms with Crippen LogP contribution in [0.1, 0.15) is 0 Å². The van der Waals surface area contributed by atoms with E-state index in [9.17, 15) is 0 Å². The van der Waals surface area contributed by atoms with E-state index in [1.54, 1.807) is 0 Å². The summed E-state index contributed by atoms with van der Waals surface area (Å²) in [6, 6.07) is 0. The fourth-order valence-corrected chi connectivity index (χ4v) is 0. The third-order valence-electron chi connectivity index (χ3n) is 0.109. The molecule has 0 bridgehead atoms. The molecular weight excluding hydrogens is 86.5 g/mol. The Morgan fingerprint density at radius 3 is 2.00 bits per heavy atom. The molecule has 0 saturated carbocycles. The molecule has 2 heteroatoms. The average molecular weight is 90.5 g/mol. The molecule has 0 saturated heterocycles. The van der Waals surface area contributed by atoms with E-state index in [2.05, 4.69) is 16.3 Å². The van der Waals surface area contributed by atoms with E-state index in [-0.39, 0.29) is 0 Å². The van der Waals surface area contributed by atoms with E-state index in [0.29, 0.717) is 0 Å². The standard InChI is InChI=1S/C2H4Cl.Al/c1-2-3;/h1-2H2;/q;+2. The van der Waals surface area contributed by atoms with Crippen LogP contribution in [0.5, 0.6) is 0 Å². The molecule has 0 fully saturated rings. The molecule has 0 aliphatic rings. The molecule has 0 unspecified atom stereocenters. The Kier molecular flexibility index (Phi) is 4.61. The monoisotopic (exact) mass is 90.0 g/mol. The first kappa shape index (κ1) is 4.82. The molecule has 0 nitrogen and oxygen atoms in total. The Morgan fingerprint density at radius 1 is 1.75 bits per heavy atom. The van der Waals surface area contributed by atoms with Crippen LogP contribution in [0.3, 0.4) is 0 Å². The van der Waals surface area contributed by atoms with Crippen LogP contribution in [-0.2, 0) is 0 Å². The van der Waals surface area contributed by atoms with Crippen molar-refractivity contribution in [2.45, 2.75) is 5.28 Å². The summed E-state index contributed by atoms with van der Waals surface area (Å²) in [6.45, 7) is 0. The second kappa shape index (κ2) is 3.82. The number of alkyl halides is 1. The van der Waals surface area contributed by atoms with Crippen molar-refractivity contribution >= 4 is 27.9 Å². The van der Waals surface area contributed by atoms with Gasteiger partial charge in [0, 0.05) is 0 Å². The second-order valence-electron chi connectivity index (χ2n) is 0.478. The van der Waals surface area contributed by atoms with Gasteiger partial charge in [0.15, 0.2) is 0 Å². The van der Waals surface area contributed by atoms with Gasteiger partial charge in [-0.05, 0) is 0 Å². The van der Waals surface area contributed by atoms with Crippen LogP contribution in [0.4, 0.5) is 0 Å². The molecule has 4 heavy (non-hydrogen) atoms. The average Bonchev–Trinajstić information content (AvgIpc) is 1.37. The third kappa shape index (κ3) is 2.82. The molecule has 0 heterocycles. The van der Waals surface area contributed by atoms with Gasteiger partial charge in [-0.25, -0.2) is 0 Å². The summed E-state index contributed by atoms with van der Waals surface area (Å²) in [5.41, 5.74) is 0. The van der Waals surface area contributed by atoms with Gasteiger partial charge in [0.1, 0.15) is 0 Å².